The monoisotopic (exact) mass is 339 g/mol. The first kappa shape index (κ1) is 16.4. The molecule has 0 saturated carbocycles. The van der Waals surface area contributed by atoms with Gasteiger partial charge in [-0.25, -0.2) is 9.49 Å². The van der Waals surface area contributed by atoms with Gasteiger partial charge in [0.25, 0.3) is 11.5 Å². The minimum Gasteiger partial charge on any atom is -0.481 e. The standard InChI is InChI=1S/C18H14FN3O3/c19-13-6-2-4-8-16(13)25-11-18(24)20-14-7-3-1-5-12(14)15-9-10-17(23)22-21-15/h1-10H,11H2,(H,20,24)(H,22,23). The molecule has 25 heavy (non-hydrogen) atoms. The molecule has 0 spiro atoms. The first-order chi connectivity index (χ1) is 12.1. The van der Waals surface area contributed by atoms with Crippen LogP contribution in [0.1, 0.15) is 0 Å². The molecule has 0 aliphatic rings. The van der Waals surface area contributed by atoms with Crippen LogP contribution in [0.15, 0.2) is 65.5 Å². The lowest BCUT2D eigenvalue weighted by atomic mass is 10.1. The average molecular weight is 339 g/mol. The smallest absolute Gasteiger partial charge is 0.264 e. The van der Waals surface area contributed by atoms with E-state index in [0.29, 0.717) is 16.9 Å². The third-order valence-electron chi connectivity index (χ3n) is 3.35. The van der Waals surface area contributed by atoms with Crippen LogP contribution in [0, 0.1) is 5.82 Å². The quantitative estimate of drug-likeness (QED) is 0.748. The number of carbonyl (C=O) groups is 1. The highest BCUT2D eigenvalue weighted by molar-refractivity contribution is 5.95. The minimum atomic E-state index is -0.534. The van der Waals surface area contributed by atoms with Crippen molar-refractivity contribution in [2.75, 3.05) is 11.9 Å². The van der Waals surface area contributed by atoms with Gasteiger partial charge in [0.1, 0.15) is 0 Å². The van der Waals surface area contributed by atoms with Crippen LogP contribution in [-0.4, -0.2) is 22.7 Å². The Balaban J connectivity index is 1.72. The highest BCUT2D eigenvalue weighted by Crippen LogP contribution is 2.25. The zero-order valence-electron chi connectivity index (χ0n) is 13.0. The number of anilines is 1. The Bertz CT molecular complexity index is 936. The van der Waals surface area contributed by atoms with E-state index in [1.807, 2.05) is 0 Å². The maximum absolute atomic E-state index is 13.5. The van der Waals surface area contributed by atoms with Crippen molar-refractivity contribution in [2.24, 2.45) is 0 Å². The number of ether oxygens (including phenoxy) is 1. The highest BCUT2D eigenvalue weighted by Gasteiger charge is 2.11. The predicted octanol–water partition coefficient (Wildman–Crippen LogP) is 2.59. The number of nitrogens with one attached hydrogen (secondary N) is 2. The number of aromatic amines is 1. The Kier molecular flexibility index (Phi) is 4.84. The molecular weight excluding hydrogens is 325 g/mol. The summed E-state index contributed by atoms with van der Waals surface area (Å²) in [6.07, 6.45) is 0. The normalized spacial score (nSPS) is 10.3. The maximum atomic E-state index is 13.5. The third-order valence-corrected chi connectivity index (χ3v) is 3.35. The Morgan fingerprint density at radius 1 is 1.08 bits per heavy atom. The van der Waals surface area contributed by atoms with Crippen LogP contribution in [0.3, 0.4) is 0 Å². The van der Waals surface area contributed by atoms with E-state index in [9.17, 15) is 14.0 Å². The van der Waals surface area contributed by atoms with Gasteiger partial charge in [0.2, 0.25) is 0 Å². The number of aromatic nitrogens is 2. The molecule has 6 nitrogen and oxygen atoms in total. The number of hydrogen-bond acceptors (Lipinski definition) is 4. The number of hydrogen-bond donors (Lipinski definition) is 2. The summed E-state index contributed by atoms with van der Waals surface area (Å²) in [4.78, 5) is 23.2. The van der Waals surface area contributed by atoms with Crippen LogP contribution in [0.25, 0.3) is 11.3 Å². The van der Waals surface area contributed by atoms with Gasteiger partial charge in [0, 0.05) is 11.6 Å². The molecule has 0 aliphatic carbocycles. The van der Waals surface area contributed by atoms with E-state index >= 15 is 0 Å². The molecule has 0 saturated heterocycles. The summed E-state index contributed by atoms with van der Waals surface area (Å²) in [6, 6.07) is 15.8. The van der Waals surface area contributed by atoms with Crippen molar-refractivity contribution in [2.45, 2.75) is 0 Å². The van der Waals surface area contributed by atoms with E-state index in [2.05, 4.69) is 15.5 Å². The number of rotatable bonds is 5. The molecule has 0 bridgehead atoms. The van der Waals surface area contributed by atoms with Crippen LogP contribution in [0.2, 0.25) is 0 Å². The lowest BCUT2D eigenvalue weighted by Gasteiger charge is -2.11. The SMILES string of the molecule is O=C(COc1ccccc1F)Nc1ccccc1-c1ccc(=O)[nH]n1. The molecule has 2 aromatic carbocycles. The molecule has 7 heteroatoms. The zero-order valence-corrected chi connectivity index (χ0v) is 13.0. The van der Waals surface area contributed by atoms with E-state index in [4.69, 9.17) is 4.74 Å². The van der Waals surface area contributed by atoms with Crippen molar-refractivity contribution in [1.82, 2.24) is 10.2 Å². The third kappa shape index (κ3) is 4.08. The van der Waals surface area contributed by atoms with Crippen molar-refractivity contribution < 1.29 is 13.9 Å². The maximum Gasteiger partial charge on any atom is 0.264 e. The fourth-order valence-corrected chi connectivity index (χ4v) is 2.20. The fraction of sp³-hybridized carbons (Fsp3) is 0.0556. The fourth-order valence-electron chi connectivity index (χ4n) is 2.20. The van der Waals surface area contributed by atoms with Crippen LogP contribution in [0.4, 0.5) is 10.1 Å². The van der Waals surface area contributed by atoms with Gasteiger partial charge < -0.3 is 10.1 Å². The molecule has 3 aromatic rings. The van der Waals surface area contributed by atoms with E-state index in [0.717, 1.165) is 0 Å². The van der Waals surface area contributed by atoms with Crippen molar-refractivity contribution in [3.63, 3.8) is 0 Å². The molecule has 0 unspecified atom stereocenters. The van der Waals surface area contributed by atoms with E-state index in [1.54, 1.807) is 36.4 Å². The molecule has 2 N–H and O–H groups in total. The Hall–Kier alpha value is -3.48. The summed E-state index contributed by atoms with van der Waals surface area (Å²) in [6.45, 7) is -0.339. The van der Waals surface area contributed by atoms with Crippen molar-refractivity contribution in [3.8, 4) is 17.0 Å². The van der Waals surface area contributed by atoms with Gasteiger partial charge in [-0.05, 0) is 24.3 Å². The summed E-state index contributed by atoms with van der Waals surface area (Å²) in [5, 5.41) is 8.99. The van der Waals surface area contributed by atoms with Gasteiger partial charge in [0.05, 0.1) is 11.4 Å². The van der Waals surface area contributed by atoms with Crippen molar-refractivity contribution >= 4 is 11.6 Å². The van der Waals surface area contributed by atoms with Crippen LogP contribution < -0.4 is 15.6 Å². The van der Waals surface area contributed by atoms with E-state index in [-0.39, 0.29) is 17.9 Å². The summed E-state index contributed by atoms with van der Waals surface area (Å²) < 4.78 is 18.7. The molecular formula is C18H14FN3O3. The van der Waals surface area contributed by atoms with Crippen LogP contribution >= 0.6 is 0 Å². The Morgan fingerprint density at radius 3 is 2.60 bits per heavy atom. The summed E-state index contributed by atoms with van der Waals surface area (Å²) in [5.74, 6) is -0.971. The highest BCUT2D eigenvalue weighted by atomic mass is 19.1. The van der Waals surface area contributed by atoms with Crippen LogP contribution in [0.5, 0.6) is 5.75 Å². The lowest BCUT2D eigenvalue weighted by molar-refractivity contribution is -0.118. The molecule has 126 valence electrons. The number of H-pyrrole nitrogens is 1. The van der Waals surface area contributed by atoms with Gasteiger partial charge in [-0.1, -0.05) is 30.3 Å². The van der Waals surface area contributed by atoms with E-state index in [1.165, 1.54) is 24.3 Å². The average Bonchev–Trinajstić information content (AvgIpc) is 2.62. The first-order valence-corrected chi connectivity index (χ1v) is 7.46. The molecule has 0 aliphatic heterocycles. The molecule has 3 rings (SSSR count). The number of amides is 1. The molecule has 0 fully saturated rings. The molecule has 0 radical (unpaired) electrons. The summed E-state index contributed by atoms with van der Waals surface area (Å²) in [7, 11) is 0. The molecule has 1 aromatic heterocycles. The number of nitrogens with zero attached hydrogens (tertiary/aromatic N) is 1. The number of benzene rings is 2. The van der Waals surface area contributed by atoms with Crippen molar-refractivity contribution in [1.29, 1.82) is 0 Å². The first-order valence-electron chi connectivity index (χ1n) is 7.46. The van der Waals surface area contributed by atoms with Gasteiger partial charge in [-0.3, -0.25) is 9.59 Å². The molecule has 0 atom stereocenters. The second kappa shape index (κ2) is 7.39. The van der Waals surface area contributed by atoms with Crippen molar-refractivity contribution in [3.05, 3.63) is 76.8 Å². The van der Waals surface area contributed by atoms with Gasteiger partial charge in [-0.2, -0.15) is 5.10 Å². The van der Waals surface area contributed by atoms with E-state index < -0.39 is 11.7 Å². The Labute approximate surface area is 142 Å². The lowest BCUT2D eigenvalue weighted by Crippen LogP contribution is -2.21. The number of para-hydroxylation sites is 2. The Morgan fingerprint density at radius 2 is 1.84 bits per heavy atom. The molecule has 1 heterocycles. The van der Waals surface area contributed by atoms with Crippen LogP contribution in [-0.2, 0) is 4.79 Å². The predicted molar refractivity (Wildman–Crippen MR) is 90.8 cm³/mol. The summed E-state index contributed by atoms with van der Waals surface area (Å²) in [5.41, 5.74) is 1.33. The second-order valence-electron chi connectivity index (χ2n) is 5.12. The number of carbonyl (C=O) groups excluding carboxylic acids is 1. The zero-order chi connectivity index (χ0) is 17.6. The topological polar surface area (TPSA) is 84.1 Å². The number of halogens is 1. The minimum absolute atomic E-state index is 0.00763. The van der Waals surface area contributed by atoms with Gasteiger partial charge in [0.15, 0.2) is 18.2 Å². The largest absolute Gasteiger partial charge is 0.481 e. The summed E-state index contributed by atoms with van der Waals surface area (Å²) >= 11 is 0. The molecule has 1 amide bonds. The second-order valence-corrected chi connectivity index (χ2v) is 5.12. The van der Waals surface area contributed by atoms with Gasteiger partial charge in [-0.15, -0.1) is 0 Å². The van der Waals surface area contributed by atoms with Gasteiger partial charge >= 0.3 is 0 Å².